The molecule has 3 aromatic carbocycles. The van der Waals surface area contributed by atoms with Gasteiger partial charge in [0.05, 0.1) is 16.5 Å². The van der Waals surface area contributed by atoms with E-state index in [1.165, 1.54) is 32.6 Å². The van der Waals surface area contributed by atoms with Crippen LogP contribution < -0.4 is 17.0 Å². The van der Waals surface area contributed by atoms with Gasteiger partial charge in [0.15, 0.2) is 12.3 Å². The number of amides is 2. The number of imide groups is 1. The van der Waals surface area contributed by atoms with Gasteiger partial charge in [-0.15, -0.1) is 0 Å². The van der Waals surface area contributed by atoms with Crippen molar-refractivity contribution in [3.05, 3.63) is 77.4 Å². The van der Waals surface area contributed by atoms with E-state index in [9.17, 15) is 9.59 Å². The summed E-state index contributed by atoms with van der Waals surface area (Å²) in [6, 6.07) is 20.0. The standard InChI is InChI=1S/C26H25N2O2.BrH/c1-17-26(2,3)23-19-10-5-4-9-18(19)13-14-22(23)27(17)15-8-16-28-24(29)20-11-6-7-12-21(20)25(28)30;/h4-7,9-14H,8,15-16H2,1-3H3;1H/q+1;/p-1. The molecule has 0 aromatic heterocycles. The van der Waals surface area contributed by atoms with Crippen molar-refractivity contribution in [3.8, 4) is 0 Å². The molecule has 2 heterocycles. The maximum absolute atomic E-state index is 12.6. The van der Waals surface area contributed by atoms with Gasteiger partial charge < -0.3 is 17.0 Å². The molecule has 0 bridgehead atoms. The monoisotopic (exact) mass is 476 g/mol. The predicted molar refractivity (Wildman–Crippen MR) is 119 cm³/mol. The van der Waals surface area contributed by atoms with Crippen molar-refractivity contribution in [1.82, 2.24) is 4.90 Å². The quantitative estimate of drug-likeness (QED) is 0.426. The SMILES string of the molecule is CC1=[N+](CCCN2C(=O)c3ccccc3C2=O)c2ccc3ccccc3c2C1(C)C.[Br-]. The van der Waals surface area contributed by atoms with Crippen molar-refractivity contribution in [2.75, 3.05) is 13.1 Å². The number of nitrogens with zero attached hydrogens (tertiary/aromatic N) is 2. The lowest BCUT2D eigenvalue weighted by atomic mass is 9.80. The number of rotatable bonds is 4. The van der Waals surface area contributed by atoms with Crippen molar-refractivity contribution in [1.29, 1.82) is 0 Å². The largest absolute Gasteiger partial charge is 1.00 e. The number of hydrogen-bond donors (Lipinski definition) is 0. The third-order valence-corrected chi connectivity index (χ3v) is 6.77. The van der Waals surface area contributed by atoms with Gasteiger partial charge in [0.25, 0.3) is 11.8 Å². The normalized spacial score (nSPS) is 16.5. The van der Waals surface area contributed by atoms with E-state index < -0.39 is 0 Å². The Morgan fingerprint density at radius 3 is 2.16 bits per heavy atom. The molecule has 0 radical (unpaired) electrons. The van der Waals surface area contributed by atoms with E-state index in [0.29, 0.717) is 17.7 Å². The molecule has 4 nitrogen and oxygen atoms in total. The second-order valence-electron chi connectivity index (χ2n) is 8.70. The minimum Gasteiger partial charge on any atom is -1.00 e. The lowest BCUT2D eigenvalue weighted by Crippen LogP contribution is -3.00. The van der Waals surface area contributed by atoms with E-state index in [2.05, 4.69) is 61.7 Å². The van der Waals surface area contributed by atoms with Crippen LogP contribution in [-0.4, -0.2) is 40.1 Å². The van der Waals surface area contributed by atoms with Gasteiger partial charge in [-0.3, -0.25) is 14.5 Å². The van der Waals surface area contributed by atoms with E-state index in [-0.39, 0.29) is 34.2 Å². The highest BCUT2D eigenvalue weighted by Gasteiger charge is 2.44. The zero-order valence-corrected chi connectivity index (χ0v) is 19.6. The Kier molecular flexibility index (Phi) is 5.34. The first kappa shape index (κ1) is 21.4. The van der Waals surface area contributed by atoms with Gasteiger partial charge in [-0.05, 0) is 42.8 Å². The summed E-state index contributed by atoms with van der Waals surface area (Å²) in [7, 11) is 0. The predicted octanol–water partition coefficient (Wildman–Crippen LogP) is 1.93. The zero-order valence-electron chi connectivity index (χ0n) is 18.0. The van der Waals surface area contributed by atoms with E-state index in [1.54, 1.807) is 24.3 Å². The van der Waals surface area contributed by atoms with Gasteiger partial charge in [-0.25, -0.2) is 0 Å². The molecule has 0 aliphatic carbocycles. The average molecular weight is 477 g/mol. The Labute approximate surface area is 193 Å². The summed E-state index contributed by atoms with van der Waals surface area (Å²) in [5.74, 6) is -0.353. The van der Waals surface area contributed by atoms with Gasteiger partial charge in [-0.1, -0.05) is 36.4 Å². The smallest absolute Gasteiger partial charge is 0.261 e. The first-order chi connectivity index (χ1) is 14.4. The molecule has 0 fully saturated rings. The number of benzene rings is 3. The van der Waals surface area contributed by atoms with Crippen LogP contribution in [0.4, 0.5) is 5.69 Å². The van der Waals surface area contributed by atoms with Crippen LogP contribution in [0.1, 0.15) is 53.5 Å². The van der Waals surface area contributed by atoms with Gasteiger partial charge in [0.2, 0.25) is 5.69 Å². The highest BCUT2D eigenvalue weighted by Crippen LogP contribution is 2.43. The molecule has 158 valence electrons. The molecule has 0 saturated heterocycles. The highest BCUT2D eigenvalue weighted by molar-refractivity contribution is 6.21. The lowest BCUT2D eigenvalue weighted by Gasteiger charge is -2.17. The van der Waals surface area contributed by atoms with Crippen LogP contribution in [0.2, 0.25) is 0 Å². The van der Waals surface area contributed by atoms with Crippen LogP contribution in [0.25, 0.3) is 10.8 Å². The second kappa shape index (κ2) is 7.72. The highest BCUT2D eigenvalue weighted by atomic mass is 79.9. The zero-order chi connectivity index (χ0) is 21.0. The molecule has 31 heavy (non-hydrogen) atoms. The number of fused-ring (bicyclic) bond motifs is 4. The summed E-state index contributed by atoms with van der Waals surface area (Å²) < 4.78 is 2.36. The summed E-state index contributed by atoms with van der Waals surface area (Å²) in [6.07, 6.45) is 0.727. The van der Waals surface area contributed by atoms with Crippen LogP contribution in [0.5, 0.6) is 0 Å². The molecule has 5 heteroatoms. The van der Waals surface area contributed by atoms with Crippen LogP contribution in [0.15, 0.2) is 60.7 Å². The number of carbonyl (C=O) groups excluding carboxylic acids is 2. The minimum absolute atomic E-state index is 0. The maximum Gasteiger partial charge on any atom is 0.261 e. The van der Waals surface area contributed by atoms with Crippen molar-refractivity contribution >= 4 is 34.0 Å². The molecule has 0 N–H and O–H groups in total. The number of carbonyl (C=O) groups is 2. The van der Waals surface area contributed by atoms with E-state index in [4.69, 9.17) is 0 Å². The molecule has 0 spiro atoms. The lowest BCUT2D eigenvalue weighted by molar-refractivity contribution is -0.439. The fraction of sp³-hybridized carbons (Fsp3) is 0.269. The number of halogens is 1. The molecule has 0 saturated carbocycles. The van der Waals surface area contributed by atoms with Crippen LogP contribution >= 0.6 is 0 Å². The Bertz CT molecular complexity index is 1220. The molecular weight excluding hydrogens is 452 g/mol. The Morgan fingerprint density at radius 1 is 0.871 bits per heavy atom. The van der Waals surface area contributed by atoms with E-state index in [1.807, 2.05) is 0 Å². The van der Waals surface area contributed by atoms with Crippen LogP contribution in [0.3, 0.4) is 0 Å². The fourth-order valence-corrected chi connectivity index (χ4v) is 4.96. The molecule has 2 aliphatic rings. The summed E-state index contributed by atoms with van der Waals surface area (Å²) in [5.41, 5.74) is 4.87. The molecule has 3 aromatic rings. The first-order valence-electron chi connectivity index (χ1n) is 10.5. The summed E-state index contributed by atoms with van der Waals surface area (Å²) >= 11 is 0. The van der Waals surface area contributed by atoms with Crippen molar-refractivity contribution < 1.29 is 31.1 Å². The Hall–Kier alpha value is -2.79. The molecule has 2 amide bonds. The Morgan fingerprint density at radius 2 is 1.48 bits per heavy atom. The van der Waals surface area contributed by atoms with Crippen molar-refractivity contribution in [2.45, 2.75) is 32.6 Å². The Balaban J connectivity index is 0.00000231. The second-order valence-corrected chi connectivity index (χ2v) is 8.70. The summed E-state index contributed by atoms with van der Waals surface area (Å²) in [4.78, 5) is 26.7. The summed E-state index contributed by atoms with van der Waals surface area (Å²) in [6.45, 7) is 7.94. The molecule has 2 aliphatic heterocycles. The van der Waals surface area contributed by atoms with Crippen molar-refractivity contribution in [3.63, 3.8) is 0 Å². The van der Waals surface area contributed by atoms with E-state index in [0.717, 1.165) is 13.0 Å². The van der Waals surface area contributed by atoms with Gasteiger partial charge >= 0.3 is 0 Å². The molecule has 0 unspecified atom stereocenters. The maximum atomic E-state index is 12.6. The van der Waals surface area contributed by atoms with Crippen LogP contribution in [0, 0.1) is 0 Å². The fourth-order valence-electron chi connectivity index (χ4n) is 4.96. The van der Waals surface area contributed by atoms with Crippen LogP contribution in [-0.2, 0) is 5.41 Å². The molecule has 0 atom stereocenters. The van der Waals surface area contributed by atoms with E-state index >= 15 is 0 Å². The number of hydrogen-bond acceptors (Lipinski definition) is 2. The summed E-state index contributed by atoms with van der Waals surface area (Å²) in [5, 5.41) is 2.55. The average Bonchev–Trinajstić information content (AvgIpc) is 3.11. The first-order valence-corrected chi connectivity index (χ1v) is 10.5. The van der Waals surface area contributed by atoms with Crippen molar-refractivity contribution in [2.24, 2.45) is 0 Å². The van der Waals surface area contributed by atoms with Gasteiger partial charge in [0, 0.05) is 31.5 Å². The van der Waals surface area contributed by atoms with Gasteiger partial charge in [0.1, 0.15) is 0 Å². The molecule has 5 rings (SSSR count). The topological polar surface area (TPSA) is 40.4 Å². The van der Waals surface area contributed by atoms with Gasteiger partial charge in [-0.2, -0.15) is 4.58 Å². The third-order valence-electron chi connectivity index (χ3n) is 6.77. The molecular formula is C26H25BrN2O2. The third kappa shape index (κ3) is 3.14. The minimum atomic E-state index is -0.176.